The minimum absolute atomic E-state index is 0.137. The Morgan fingerprint density at radius 1 is 1.27 bits per heavy atom. The van der Waals surface area contributed by atoms with E-state index in [-0.39, 0.29) is 17.1 Å². The monoisotopic (exact) mass is 307 g/mol. The standard InChI is InChI=1S/C17H25NO4/c1-17(2)9-8-12(15(17)19)13-6-7-14(21-4)16(18-13)22-11-5-10-20-3/h6-7,12H,5,8-11H2,1-4H3. The molecule has 1 aliphatic rings. The highest BCUT2D eigenvalue weighted by atomic mass is 16.5. The van der Waals surface area contributed by atoms with Crippen molar-refractivity contribution >= 4 is 5.78 Å². The molecule has 0 aliphatic heterocycles. The van der Waals surface area contributed by atoms with E-state index in [1.54, 1.807) is 14.2 Å². The third-order valence-corrected chi connectivity index (χ3v) is 4.20. The Kier molecular flexibility index (Phi) is 5.40. The van der Waals surface area contributed by atoms with Crippen LogP contribution >= 0.6 is 0 Å². The summed E-state index contributed by atoms with van der Waals surface area (Å²) in [5.74, 6) is 1.16. The van der Waals surface area contributed by atoms with Gasteiger partial charge in [0.15, 0.2) is 5.75 Å². The fourth-order valence-corrected chi connectivity index (χ4v) is 2.78. The Hall–Kier alpha value is -1.62. The lowest BCUT2D eigenvalue weighted by molar-refractivity contribution is -0.125. The van der Waals surface area contributed by atoms with E-state index in [0.29, 0.717) is 24.8 Å². The van der Waals surface area contributed by atoms with E-state index in [4.69, 9.17) is 14.2 Å². The molecule has 5 nitrogen and oxygen atoms in total. The molecule has 5 heteroatoms. The zero-order valence-corrected chi connectivity index (χ0v) is 13.8. The number of ketones is 1. The summed E-state index contributed by atoms with van der Waals surface area (Å²) in [5, 5.41) is 0. The van der Waals surface area contributed by atoms with E-state index in [1.807, 2.05) is 26.0 Å². The predicted octanol–water partition coefficient (Wildman–Crippen LogP) is 2.98. The maximum Gasteiger partial charge on any atom is 0.257 e. The molecule has 0 amide bonds. The van der Waals surface area contributed by atoms with Gasteiger partial charge in [-0.25, -0.2) is 4.98 Å². The van der Waals surface area contributed by atoms with E-state index >= 15 is 0 Å². The Morgan fingerprint density at radius 3 is 2.64 bits per heavy atom. The first kappa shape index (κ1) is 16.7. The normalized spacial score (nSPS) is 20.2. The van der Waals surface area contributed by atoms with Crippen molar-refractivity contribution in [2.24, 2.45) is 5.41 Å². The second kappa shape index (κ2) is 7.09. The molecule has 1 saturated carbocycles. The van der Waals surface area contributed by atoms with Crippen molar-refractivity contribution in [1.29, 1.82) is 0 Å². The molecule has 1 unspecified atom stereocenters. The van der Waals surface area contributed by atoms with Crippen LogP contribution in [0.25, 0.3) is 0 Å². The highest BCUT2D eigenvalue weighted by Gasteiger charge is 2.41. The Labute approximate surface area is 132 Å². The lowest BCUT2D eigenvalue weighted by Gasteiger charge is -2.17. The minimum atomic E-state index is -0.258. The van der Waals surface area contributed by atoms with Gasteiger partial charge < -0.3 is 14.2 Å². The van der Waals surface area contributed by atoms with Gasteiger partial charge in [-0.1, -0.05) is 13.8 Å². The van der Waals surface area contributed by atoms with Gasteiger partial charge in [-0.05, 0) is 25.0 Å². The Balaban J connectivity index is 2.15. The van der Waals surface area contributed by atoms with Crippen LogP contribution in [0.2, 0.25) is 0 Å². The maximum atomic E-state index is 12.5. The van der Waals surface area contributed by atoms with Crippen LogP contribution < -0.4 is 9.47 Å². The van der Waals surface area contributed by atoms with Crippen molar-refractivity contribution in [2.75, 3.05) is 27.4 Å². The summed E-state index contributed by atoms with van der Waals surface area (Å²) in [6, 6.07) is 3.69. The van der Waals surface area contributed by atoms with E-state index < -0.39 is 0 Å². The number of ether oxygens (including phenoxy) is 3. The first-order valence-electron chi connectivity index (χ1n) is 7.70. The van der Waals surface area contributed by atoms with Gasteiger partial charge in [0.2, 0.25) is 0 Å². The number of pyridine rings is 1. The average Bonchev–Trinajstić information content (AvgIpc) is 2.78. The van der Waals surface area contributed by atoms with Crippen molar-refractivity contribution in [1.82, 2.24) is 4.98 Å². The molecule has 122 valence electrons. The number of nitrogens with zero attached hydrogens (tertiary/aromatic N) is 1. The summed E-state index contributed by atoms with van der Waals surface area (Å²) in [7, 11) is 3.25. The SMILES string of the molecule is COCCCOc1nc(C2CCC(C)(C)C2=O)ccc1OC. The number of carbonyl (C=O) groups excluding carboxylic acids is 1. The van der Waals surface area contributed by atoms with E-state index in [9.17, 15) is 4.79 Å². The highest BCUT2D eigenvalue weighted by molar-refractivity contribution is 5.92. The van der Waals surface area contributed by atoms with Gasteiger partial charge in [-0.3, -0.25) is 4.79 Å². The summed E-state index contributed by atoms with van der Waals surface area (Å²) in [4.78, 5) is 17.0. The van der Waals surface area contributed by atoms with Gasteiger partial charge >= 0.3 is 0 Å². The third kappa shape index (κ3) is 3.58. The third-order valence-electron chi connectivity index (χ3n) is 4.20. The van der Waals surface area contributed by atoms with E-state index in [0.717, 1.165) is 25.0 Å². The van der Waals surface area contributed by atoms with Crippen molar-refractivity contribution in [3.8, 4) is 11.6 Å². The quantitative estimate of drug-likeness (QED) is 0.725. The van der Waals surface area contributed by atoms with E-state index in [1.165, 1.54) is 0 Å². The molecule has 1 fully saturated rings. The zero-order valence-electron chi connectivity index (χ0n) is 13.8. The smallest absolute Gasteiger partial charge is 0.257 e. The van der Waals surface area contributed by atoms with Gasteiger partial charge in [-0.2, -0.15) is 0 Å². The van der Waals surface area contributed by atoms with Crippen LogP contribution in [0.3, 0.4) is 0 Å². The lowest BCUT2D eigenvalue weighted by Crippen LogP contribution is -2.21. The molecular formula is C17H25NO4. The molecule has 1 aromatic heterocycles. The molecule has 1 atom stereocenters. The van der Waals surface area contributed by atoms with E-state index in [2.05, 4.69) is 4.98 Å². The molecule has 1 aliphatic carbocycles. The molecular weight excluding hydrogens is 282 g/mol. The summed E-state index contributed by atoms with van der Waals surface area (Å²) in [6.45, 7) is 5.14. The van der Waals surface area contributed by atoms with Gasteiger partial charge in [0, 0.05) is 25.6 Å². The number of carbonyl (C=O) groups is 1. The van der Waals surface area contributed by atoms with Crippen molar-refractivity contribution in [3.63, 3.8) is 0 Å². The fourth-order valence-electron chi connectivity index (χ4n) is 2.78. The molecule has 0 saturated heterocycles. The summed E-state index contributed by atoms with van der Waals surface area (Å²) in [5.41, 5.74) is 0.518. The molecule has 0 aromatic carbocycles. The van der Waals surface area contributed by atoms with Crippen LogP contribution in [0.15, 0.2) is 12.1 Å². The van der Waals surface area contributed by atoms with Crippen molar-refractivity contribution in [2.45, 2.75) is 39.0 Å². The Morgan fingerprint density at radius 2 is 2.05 bits per heavy atom. The van der Waals surface area contributed by atoms with Crippen LogP contribution in [0.5, 0.6) is 11.6 Å². The van der Waals surface area contributed by atoms with Gasteiger partial charge in [0.05, 0.1) is 25.3 Å². The first-order valence-corrected chi connectivity index (χ1v) is 7.70. The number of aromatic nitrogens is 1. The van der Waals surface area contributed by atoms with Gasteiger partial charge in [-0.15, -0.1) is 0 Å². The fraction of sp³-hybridized carbons (Fsp3) is 0.647. The van der Waals surface area contributed by atoms with Gasteiger partial charge in [0.1, 0.15) is 5.78 Å². The minimum Gasteiger partial charge on any atom is -0.491 e. The van der Waals surface area contributed by atoms with Crippen LogP contribution in [0, 0.1) is 5.41 Å². The van der Waals surface area contributed by atoms with Crippen LogP contribution in [0.1, 0.15) is 44.7 Å². The molecule has 0 radical (unpaired) electrons. The maximum absolute atomic E-state index is 12.5. The number of Topliss-reactive ketones (excluding diaryl/α,β-unsaturated/α-hetero) is 1. The highest BCUT2D eigenvalue weighted by Crippen LogP contribution is 2.43. The number of rotatable bonds is 7. The predicted molar refractivity (Wildman–Crippen MR) is 83.5 cm³/mol. The molecule has 0 bridgehead atoms. The molecule has 22 heavy (non-hydrogen) atoms. The second-order valence-electron chi connectivity index (χ2n) is 6.28. The summed E-state index contributed by atoms with van der Waals surface area (Å²) < 4.78 is 16.0. The number of hydrogen-bond acceptors (Lipinski definition) is 5. The van der Waals surface area contributed by atoms with Crippen LogP contribution in [0.4, 0.5) is 0 Å². The molecule has 0 N–H and O–H groups in total. The van der Waals surface area contributed by atoms with Crippen molar-refractivity contribution in [3.05, 3.63) is 17.8 Å². The number of hydrogen-bond donors (Lipinski definition) is 0. The zero-order chi connectivity index (χ0) is 16.2. The topological polar surface area (TPSA) is 57.7 Å². The largest absolute Gasteiger partial charge is 0.491 e. The lowest BCUT2D eigenvalue weighted by atomic mass is 9.88. The summed E-state index contributed by atoms with van der Waals surface area (Å²) >= 11 is 0. The molecule has 1 heterocycles. The second-order valence-corrected chi connectivity index (χ2v) is 6.28. The Bertz CT molecular complexity index is 527. The number of methoxy groups -OCH3 is 2. The average molecular weight is 307 g/mol. The summed E-state index contributed by atoms with van der Waals surface area (Å²) in [6.07, 6.45) is 2.52. The van der Waals surface area contributed by atoms with Crippen molar-refractivity contribution < 1.29 is 19.0 Å². The molecule has 2 rings (SSSR count). The van der Waals surface area contributed by atoms with Gasteiger partial charge in [0.25, 0.3) is 5.88 Å². The molecule has 1 aromatic rings. The molecule has 0 spiro atoms. The van der Waals surface area contributed by atoms with Crippen LogP contribution in [-0.2, 0) is 9.53 Å². The first-order chi connectivity index (χ1) is 10.5. The van der Waals surface area contributed by atoms with Crippen LogP contribution in [-0.4, -0.2) is 38.2 Å².